The Morgan fingerprint density at radius 3 is 2.62 bits per heavy atom. The Labute approximate surface area is 148 Å². The minimum Gasteiger partial charge on any atom is -0.394 e. The number of nitrogens with zero attached hydrogens (tertiary/aromatic N) is 4. The van der Waals surface area contributed by atoms with Gasteiger partial charge in [-0.15, -0.1) is 0 Å². The second-order valence-corrected chi connectivity index (χ2v) is 6.11. The third kappa shape index (κ3) is 2.90. The zero-order chi connectivity index (χ0) is 18.1. The molecule has 4 atom stereocenters. The summed E-state index contributed by atoms with van der Waals surface area (Å²) in [6, 6.07) is 9.88. The van der Waals surface area contributed by atoms with E-state index >= 15 is 0 Å². The molecule has 1 saturated heterocycles. The molecular weight excluding hydrogens is 338 g/mol. The fourth-order valence-electron chi connectivity index (χ4n) is 3.06. The molecule has 0 saturated carbocycles. The van der Waals surface area contributed by atoms with Crippen molar-refractivity contribution in [1.29, 1.82) is 0 Å². The molecule has 26 heavy (non-hydrogen) atoms. The number of aromatic nitrogens is 4. The molecule has 1 aromatic carbocycles. The van der Waals surface area contributed by atoms with Gasteiger partial charge in [0.25, 0.3) is 0 Å². The Balaban J connectivity index is 1.61. The van der Waals surface area contributed by atoms with E-state index in [1.807, 2.05) is 30.3 Å². The lowest BCUT2D eigenvalue weighted by molar-refractivity contribution is -0.0511. The molecule has 3 heterocycles. The van der Waals surface area contributed by atoms with Gasteiger partial charge in [-0.2, -0.15) is 0 Å². The number of aliphatic hydroxyl groups excluding tert-OH is 3. The normalized spacial score (nSPS) is 25.7. The highest BCUT2D eigenvalue weighted by Gasteiger charge is 2.44. The molecule has 2 aromatic heterocycles. The number of fused-ring (bicyclic) bond motifs is 1. The van der Waals surface area contributed by atoms with Crippen molar-refractivity contribution in [1.82, 2.24) is 19.5 Å². The monoisotopic (exact) mass is 357 g/mol. The number of anilines is 1. The van der Waals surface area contributed by atoms with Gasteiger partial charge in [0.2, 0.25) is 0 Å². The number of rotatable bonds is 5. The molecule has 4 N–H and O–H groups in total. The average molecular weight is 357 g/mol. The Morgan fingerprint density at radius 1 is 1.08 bits per heavy atom. The van der Waals surface area contributed by atoms with Crippen molar-refractivity contribution in [3.63, 3.8) is 0 Å². The Kier molecular flexibility index (Phi) is 4.51. The van der Waals surface area contributed by atoms with Crippen LogP contribution < -0.4 is 5.32 Å². The van der Waals surface area contributed by atoms with Crippen molar-refractivity contribution in [2.45, 2.75) is 31.1 Å². The molecule has 1 aliphatic rings. The molecule has 0 amide bonds. The lowest BCUT2D eigenvalue weighted by atomic mass is 10.1. The molecule has 0 unspecified atom stereocenters. The maximum absolute atomic E-state index is 10.2. The molecule has 1 aliphatic heterocycles. The van der Waals surface area contributed by atoms with Gasteiger partial charge in [0.1, 0.15) is 24.6 Å². The number of nitrogens with one attached hydrogen (secondary N) is 1. The molecule has 1 fully saturated rings. The van der Waals surface area contributed by atoms with Gasteiger partial charge in [0.05, 0.1) is 12.9 Å². The van der Waals surface area contributed by atoms with Crippen molar-refractivity contribution in [2.24, 2.45) is 0 Å². The first-order chi connectivity index (χ1) is 12.7. The molecule has 9 nitrogen and oxygen atoms in total. The first-order valence-electron chi connectivity index (χ1n) is 8.27. The summed E-state index contributed by atoms with van der Waals surface area (Å²) in [6.45, 7) is 0.188. The molecular formula is C17H19N5O4. The van der Waals surface area contributed by atoms with Crippen molar-refractivity contribution in [3.05, 3.63) is 48.5 Å². The largest absolute Gasteiger partial charge is 0.394 e. The predicted octanol–water partition coefficient (Wildman–Crippen LogP) is 0.0499. The lowest BCUT2D eigenvalue weighted by Crippen LogP contribution is -2.33. The van der Waals surface area contributed by atoms with Crippen molar-refractivity contribution in [3.8, 4) is 0 Å². The smallest absolute Gasteiger partial charge is 0.167 e. The third-order valence-corrected chi connectivity index (χ3v) is 4.45. The zero-order valence-electron chi connectivity index (χ0n) is 13.8. The van der Waals surface area contributed by atoms with Gasteiger partial charge >= 0.3 is 0 Å². The molecule has 0 bridgehead atoms. The van der Waals surface area contributed by atoms with Gasteiger partial charge in [-0.05, 0) is 5.56 Å². The molecule has 136 valence electrons. The van der Waals surface area contributed by atoms with E-state index in [0.29, 0.717) is 23.5 Å². The number of ether oxygens (including phenoxy) is 1. The van der Waals surface area contributed by atoms with E-state index in [0.717, 1.165) is 5.56 Å². The van der Waals surface area contributed by atoms with E-state index in [1.54, 1.807) is 0 Å². The molecule has 4 rings (SSSR count). The van der Waals surface area contributed by atoms with Crippen LogP contribution in [0.4, 0.5) is 5.82 Å². The first-order valence-corrected chi connectivity index (χ1v) is 8.27. The predicted molar refractivity (Wildman–Crippen MR) is 92.1 cm³/mol. The van der Waals surface area contributed by atoms with Gasteiger partial charge in [-0.25, -0.2) is 15.0 Å². The second-order valence-electron chi connectivity index (χ2n) is 6.11. The molecule has 0 aliphatic carbocycles. The van der Waals surface area contributed by atoms with Crippen LogP contribution in [-0.4, -0.2) is 59.8 Å². The minimum absolute atomic E-state index is 0.389. The van der Waals surface area contributed by atoms with Crippen LogP contribution in [-0.2, 0) is 11.3 Å². The van der Waals surface area contributed by atoms with Gasteiger partial charge in [0, 0.05) is 6.54 Å². The molecule has 0 spiro atoms. The van der Waals surface area contributed by atoms with Crippen LogP contribution in [0.2, 0.25) is 0 Å². The number of hydrogen-bond acceptors (Lipinski definition) is 8. The topological polar surface area (TPSA) is 126 Å². The number of imidazole rings is 1. The third-order valence-electron chi connectivity index (χ3n) is 4.45. The van der Waals surface area contributed by atoms with E-state index in [2.05, 4.69) is 20.3 Å². The van der Waals surface area contributed by atoms with Crippen LogP contribution in [0.15, 0.2) is 43.0 Å². The zero-order valence-corrected chi connectivity index (χ0v) is 13.8. The van der Waals surface area contributed by atoms with Crippen LogP contribution in [0.3, 0.4) is 0 Å². The highest BCUT2D eigenvalue weighted by molar-refractivity contribution is 5.82. The fourth-order valence-corrected chi connectivity index (χ4v) is 3.06. The van der Waals surface area contributed by atoms with Gasteiger partial charge in [0.15, 0.2) is 23.2 Å². The lowest BCUT2D eigenvalue weighted by Gasteiger charge is -2.16. The Hall–Kier alpha value is -2.59. The summed E-state index contributed by atoms with van der Waals surface area (Å²) in [6.07, 6.45) is -1.24. The van der Waals surface area contributed by atoms with Crippen LogP contribution in [0, 0.1) is 0 Å². The summed E-state index contributed by atoms with van der Waals surface area (Å²) >= 11 is 0. The molecule has 3 aromatic rings. The maximum atomic E-state index is 10.2. The van der Waals surface area contributed by atoms with E-state index in [4.69, 9.17) is 4.74 Å². The summed E-state index contributed by atoms with van der Waals surface area (Å²) in [4.78, 5) is 12.8. The van der Waals surface area contributed by atoms with Crippen molar-refractivity contribution >= 4 is 17.0 Å². The number of aliphatic hydroxyl groups is 3. The minimum atomic E-state index is -1.19. The van der Waals surface area contributed by atoms with Gasteiger partial charge in [-0.1, -0.05) is 30.3 Å². The van der Waals surface area contributed by atoms with Gasteiger partial charge < -0.3 is 25.4 Å². The second kappa shape index (κ2) is 6.96. The standard InChI is InChI=1S/C17H19N5O4/c23-7-11-13(24)14(25)17(26-11)22-9-21-12-15(19-8-20-16(12)22)18-6-10-4-2-1-3-5-10/h1-5,8-9,11,13-14,17,23-25H,6-7H2,(H,18,19,20)/t11-,13-,14-,17+/m1/s1. The van der Waals surface area contributed by atoms with Crippen molar-refractivity contribution in [2.75, 3.05) is 11.9 Å². The summed E-state index contributed by atoms with van der Waals surface area (Å²) in [5.74, 6) is 0.560. The van der Waals surface area contributed by atoms with Crippen LogP contribution >= 0.6 is 0 Å². The van der Waals surface area contributed by atoms with Gasteiger partial charge in [-0.3, -0.25) is 4.57 Å². The molecule has 0 radical (unpaired) electrons. The first kappa shape index (κ1) is 16.9. The van der Waals surface area contributed by atoms with Crippen LogP contribution in [0.1, 0.15) is 11.8 Å². The Morgan fingerprint density at radius 2 is 1.88 bits per heavy atom. The van der Waals surface area contributed by atoms with Crippen LogP contribution in [0.5, 0.6) is 0 Å². The van der Waals surface area contributed by atoms with E-state index in [-0.39, 0.29) is 6.61 Å². The SMILES string of the molecule is OC[C@H]1O[C@H](n2cnc3c(NCc4ccccc4)ncnc32)[C@H](O)[C@@H]1O. The molecule has 9 heteroatoms. The summed E-state index contributed by atoms with van der Waals surface area (Å²) in [7, 11) is 0. The van der Waals surface area contributed by atoms with Crippen molar-refractivity contribution < 1.29 is 20.1 Å². The quantitative estimate of drug-likeness (QED) is 0.505. The van der Waals surface area contributed by atoms with E-state index < -0.39 is 24.5 Å². The van der Waals surface area contributed by atoms with E-state index in [1.165, 1.54) is 17.2 Å². The highest BCUT2D eigenvalue weighted by Crippen LogP contribution is 2.32. The summed E-state index contributed by atoms with van der Waals surface area (Å²) in [5.41, 5.74) is 2.09. The summed E-state index contributed by atoms with van der Waals surface area (Å²) < 4.78 is 7.08. The number of benzene rings is 1. The fraction of sp³-hybridized carbons (Fsp3) is 0.353. The number of hydrogen-bond donors (Lipinski definition) is 4. The van der Waals surface area contributed by atoms with Crippen LogP contribution in [0.25, 0.3) is 11.2 Å². The summed E-state index contributed by atoms with van der Waals surface area (Å²) in [5, 5.41) is 32.6. The van der Waals surface area contributed by atoms with E-state index in [9.17, 15) is 15.3 Å². The maximum Gasteiger partial charge on any atom is 0.167 e. The highest BCUT2D eigenvalue weighted by atomic mass is 16.6. The average Bonchev–Trinajstić information content (AvgIpc) is 3.23. The Bertz CT molecular complexity index is 887.